The minimum absolute atomic E-state index is 0.575. The van der Waals surface area contributed by atoms with Crippen LogP contribution in [0.1, 0.15) is 35.1 Å². The van der Waals surface area contributed by atoms with Crippen molar-refractivity contribution in [2.75, 3.05) is 26.2 Å². The van der Waals surface area contributed by atoms with Gasteiger partial charge in [-0.3, -0.25) is 0 Å². The van der Waals surface area contributed by atoms with E-state index >= 15 is 0 Å². The van der Waals surface area contributed by atoms with Crippen LogP contribution in [0, 0.1) is 0 Å². The van der Waals surface area contributed by atoms with Gasteiger partial charge in [-0.05, 0) is 0 Å². The Bertz CT molecular complexity index is 1300. The molecule has 0 saturated carbocycles. The molecular weight excluding hydrogens is 720 g/mol. The Labute approximate surface area is 257 Å². The van der Waals surface area contributed by atoms with Gasteiger partial charge in [0, 0.05) is 0 Å². The molecule has 6 heteroatoms. The van der Waals surface area contributed by atoms with Crippen molar-refractivity contribution in [3.8, 4) is 0 Å². The second-order valence-corrected chi connectivity index (χ2v) is 15.4. The van der Waals surface area contributed by atoms with E-state index in [4.69, 9.17) is 20.0 Å². The van der Waals surface area contributed by atoms with Crippen LogP contribution >= 0.6 is 0 Å². The Morgan fingerprint density at radius 1 is 0.350 bits per heavy atom. The summed E-state index contributed by atoms with van der Waals surface area (Å²) in [5, 5.41) is 0. The van der Waals surface area contributed by atoms with E-state index in [0.29, 0.717) is 0 Å². The molecule has 4 aromatic rings. The molecule has 0 unspecified atom stereocenters. The third-order valence-electron chi connectivity index (χ3n) is 6.19. The summed E-state index contributed by atoms with van der Waals surface area (Å²) in [7, 11) is 0. The zero-order chi connectivity index (χ0) is 27.2. The zero-order valence-corrected chi connectivity index (χ0v) is 27.1. The molecule has 4 aromatic carbocycles. The van der Waals surface area contributed by atoms with Crippen molar-refractivity contribution in [1.29, 1.82) is 0 Å². The van der Waals surface area contributed by atoms with Crippen molar-refractivity contribution < 1.29 is 0 Å². The quantitative estimate of drug-likeness (QED) is 0.248. The van der Waals surface area contributed by atoms with Crippen molar-refractivity contribution in [3.63, 3.8) is 0 Å². The van der Waals surface area contributed by atoms with Crippen molar-refractivity contribution in [3.05, 3.63) is 119 Å². The van der Waals surface area contributed by atoms with Gasteiger partial charge < -0.3 is 0 Å². The normalized spacial score (nSPS) is 14.8. The van der Waals surface area contributed by atoms with Gasteiger partial charge in [-0.2, -0.15) is 0 Å². The average Bonchev–Trinajstić information content (AvgIpc) is 2.99. The molecule has 0 amide bonds. The number of fused-ring (bicyclic) bond motifs is 4. The molecule has 5 rings (SSSR count). The van der Waals surface area contributed by atoms with E-state index in [2.05, 4.69) is 122 Å². The molecule has 0 N–H and O–H groups in total. The summed E-state index contributed by atoms with van der Waals surface area (Å²) in [5.41, 5.74) is 4.91. The van der Waals surface area contributed by atoms with Crippen molar-refractivity contribution >= 4 is 81.2 Å². The summed E-state index contributed by atoms with van der Waals surface area (Å²) in [5.74, 6) is 0. The molecule has 1 heterocycles. The van der Waals surface area contributed by atoms with E-state index in [0.717, 1.165) is 39.0 Å². The van der Waals surface area contributed by atoms with Crippen molar-refractivity contribution in [2.45, 2.75) is 12.8 Å². The molecule has 0 aromatic heterocycles. The number of rotatable bonds is 0. The molecule has 0 spiro atoms. The second-order valence-electron chi connectivity index (χ2n) is 9.20. The summed E-state index contributed by atoms with van der Waals surface area (Å²) in [6.07, 6.45) is 10.1. The maximum atomic E-state index is 4.76. The summed E-state index contributed by atoms with van der Waals surface area (Å²) in [6, 6.07) is 34.7. The molecule has 1 aliphatic heterocycles. The van der Waals surface area contributed by atoms with Crippen LogP contribution in [0.2, 0.25) is 0 Å². The van der Waals surface area contributed by atoms with E-state index in [1.165, 1.54) is 36.7 Å². The van der Waals surface area contributed by atoms with Crippen LogP contribution in [0.3, 0.4) is 0 Å². The van der Waals surface area contributed by atoms with Gasteiger partial charge in [0.25, 0.3) is 0 Å². The van der Waals surface area contributed by atoms with Gasteiger partial charge in [-0.1, -0.05) is 0 Å². The Morgan fingerprint density at radius 3 is 0.875 bits per heavy atom. The maximum absolute atomic E-state index is 4.76. The fourth-order valence-electron chi connectivity index (χ4n) is 4.12. The van der Waals surface area contributed by atoms with E-state index in [9.17, 15) is 0 Å². The number of nitrogens with zero attached hydrogens (tertiary/aromatic N) is 4. The Kier molecular flexibility index (Phi) is 11.3. The van der Waals surface area contributed by atoms with E-state index < -0.39 is 41.8 Å². The van der Waals surface area contributed by atoms with E-state index in [1.54, 1.807) is 0 Å². The molecule has 0 radical (unpaired) electrons. The average molecular weight is 752 g/mol. The summed E-state index contributed by atoms with van der Waals surface area (Å²) < 4.78 is 5.61. The van der Waals surface area contributed by atoms with Crippen LogP contribution in [-0.4, -0.2) is 92.9 Å². The fourth-order valence-corrected chi connectivity index (χ4v) is 9.87. The van der Waals surface area contributed by atoms with Crippen molar-refractivity contribution in [2.24, 2.45) is 20.0 Å². The molecule has 0 bridgehead atoms. The number of hydrogen-bond acceptors (Lipinski definition) is 4. The standard InChI is InChI=1S/C34H32N4Te2/c1-5-15-31-27(11-1)23-35-19-9-20-36-25-29-13-3-7-17-33(29)40-34-18-8-4-14-30(34)26-38-22-10-21-37-24-28-12-2-6-16-32(28)39-31/h1-8,11-18,23-26H,9-10,19-22H2. The Morgan fingerprint density at radius 2 is 0.600 bits per heavy atom. The molecule has 200 valence electrons. The van der Waals surface area contributed by atoms with Gasteiger partial charge in [-0.15, -0.1) is 0 Å². The molecular formula is C34H32N4Te2. The van der Waals surface area contributed by atoms with Crippen LogP contribution in [0.15, 0.2) is 117 Å². The van der Waals surface area contributed by atoms with Gasteiger partial charge in [0.2, 0.25) is 0 Å². The monoisotopic (exact) mass is 756 g/mol. The Hall–Kier alpha value is -2.86. The van der Waals surface area contributed by atoms with Gasteiger partial charge >= 0.3 is 259 Å². The third kappa shape index (κ3) is 8.57. The summed E-state index contributed by atoms with van der Waals surface area (Å²) in [6.45, 7) is 3.10. The van der Waals surface area contributed by atoms with Gasteiger partial charge in [0.1, 0.15) is 0 Å². The number of hydrogen-bond donors (Lipinski definition) is 0. The van der Waals surface area contributed by atoms with E-state index in [1.807, 2.05) is 0 Å². The van der Waals surface area contributed by atoms with Crippen LogP contribution in [-0.2, 0) is 0 Å². The molecule has 0 aliphatic carbocycles. The predicted molar refractivity (Wildman–Crippen MR) is 175 cm³/mol. The van der Waals surface area contributed by atoms with Crippen LogP contribution in [0.5, 0.6) is 0 Å². The van der Waals surface area contributed by atoms with Crippen molar-refractivity contribution in [1.82, 2.24) is 0 Å². The SMILES string of the molecule is C1=NCCCN=Cc2ccccc2[Te]c2ccccc2C=NCCCN=Cc2ccccc2[Te]c2ccccc21. The Balaban J connectivity index is 1.38. The fraction of sp³-hybridized carbons (Fsp3) is 0.176. The van der Waals surface area contributed by atoms with Gasteiger partial charge in [0.15, 0.2) is 0 Å². The number of benzene rings is 4. The molecule has 1 aliphatic rings. The topological polar surface area (TPSA) is 49.4 Å². The summed E-state index contributed by atoms with van der Waals surface area (Å²) >= 11 is -1.15. The zero-order valence-electron chi connectivity index (χ0n) is 22.4. The van der Waals surface area contributed by atoms with Crippen LogP contribution in [0.25, 0.3) is 0 Å². The predicted octanol–water partition coefficient (Wildman–Crippen LogP) is 3.17. The summed E-state index contributed by atoms with van der Waals surface area (Å²) in [4.78, 5) is 19.0. The molecule has 0 saturated heterocycles. The van der Waals surface area contributed by atoms with E-state index in [-0.39, 0.29) is 0 Å². The first-order chi connectivity index (χ1) is 19.9. The molecule has 40 heavy (non-hydrogen) atoms. The first kappa shape index (κ1) is 28.7. The molecule has 0 atom stereocenters. The minimum atomic E-state index is -0.575. The third-order valence-corrected chi connectivity index (χ3v) is 12.9. The van der Waals surface area contributed by atoms with Gasteiger partial charge in [0.05, 0.1) is 0 Å². The van der Waals surface area contributed by atoms with Crippen LogP contribution < -0.4 is 14.4 Å². The number of aliphatic imine (C=N–C) groups is 4. The first-order valence-electron chi connectivity index (χ1n) is 13.6. The first-order valence-corrected chi connectivity index (χ1v) is 18.2. The van der Waals surface area contributed by atoms with Gasteiger partial charge in [-0.25, -0.2) is 0 Å². The molecule has 0 fully saturated rings. The molecule has 4 nitrogen and oxygen atoms in total. The van der Waals surface area contributed by atoms with Crippen LogP contribution in [0.4, 0.5) is 0 Å². The second kappa shape index (κ2) is 15.8.